The molecule has 90 valence electrons. The van der Waals surface area contributed by atoms with Crippen LogP contribution in [0.25, 0.3) is 0 Å². The molecule has 0 aromatic heterocycles. The van der Waals surface area contributed by atoms with E-state index in [1.165, 1.54) is 39.0 Å². The molecule has 2 rings (SSSR count). The molecule has 0 atom stereocenters. The molecule has 0 N–H and O–H groups in total. The van der Waals surface area contributed by atoms with E-state index in [-0.39, 0.29) is 0 Å². The second-order valence-corrected chi connectivity index (χ2v) is 5.75. The first kappa shape index (κ1) is 11.9. The van der Waals surface area contributed by atoms with Crippen LogP contribution in [0.1, 0.15) is 33.1 Å². The van der Waals surface area contributed by atoms with Gasteiger partial charge in [-0.1, -0.05) is 0 Å². The van der Waals surface area contributed by atoms with E-state index < -0.39 is 0 Å². The monoisotopic (exact) mass is 221 g/mol. The summed E-state index contributed by atoms with van der Waals surface area (Å²) in [5.41, 5.74) is 0.632. The molecule has 0 radical (unpaired) electrons. The minimum atomic E-state index is 0.632. The Balaban J connectivity index is 1.73. The average molecular weight is 221 g/mol. The van der Waals surface area contributed by atoms with Crippen molar-refractivity contribution >= 4 is 0 Å². The zero-order valence-corrected chi connectivity index (χ0v) is 10.6. The Labute approximate surface area is 99.0 Å². The van der Waals surface area contributed by atoms with Crippen molar-refractivity contribution in [3.8, 4) is 6.07 Å². The quantitative estimate of drug-likeness (QED) is 0.727. The molecule has 1 spiro atoms. The van der Waals surface area contributed by atoms with E-state index >= 15 is 0 Å². The van der Waals surface area contributed by atoms with Crippen LogP contribution in [0.4, 0.5) is 0 Å². The highest BCUT2D eigenvalue weighted by Gasteiger charge is 2.45. The maximum absolute atomic E-state index is 8.57. The fourth-order valence-electron chi connectivity index (χ4n) is 2.96. The van der Waals surface area contributed by atoms with Crippen molar-refractivity contribution in [2.24, 2.45) is 5.41 Å². The van der Waals surface area contributed by atoms with Gasteiger partial charge in [0.15, 0.2) is 0 Å². The molecule has 2 heterocycles. The summed E-state index contributed by atoms with van der Waals surface area (Å²) in [5, 5.41) is 8.57. The molecule has 0 aromatic carbocycles. The maximum atomic E-state index is 8.57. The minimum Gasteiger partial charge on any atom is -0.302 e. The van der Waals surface area contributed by atoms with Gasteiger partial charge in [0.2, 0.25) is 0 Å². The molecule has 0 aliphatic carbocycles. The first-order chi connectivity index (χ1) is 7.65. The molecule has 0 aromatic rings. The molecule has 3 heteroatoms. The number of piperidine rings is 1. The summed E-state index contributed by atoms with van der Waals surface area (Å²) < 4.78 is 0. The summed E-state index contributed by atoms with van der Waals surface area (Å²) in [5.74, 6) is 0. The summed E-state index contributed by atoms with van der Waals surface area (Å²) in [7, 11) is 0. The van der Waals surface area contributed by atoms with Crippen LogP contribution in [-0.4, -0.2) is 48.6 Å². The van der Waals surface area contributed by atoms with E-state index in [1.807, 2.05) is 0 Å². The fraction of sp³-hybridized carbons (Fsp3) is 0.923. The smallest absolute Gasteiger partial charge is 0.0635 e. The standard InChI is InChI=1S/C13H23N3/c1-12(2)16-10-13(11-16)4-8-15(9-5-13)7-3-6-14/h12H,3-5,7-11H2,1-2H3. The van der Waals surface area contributed by atoms with Crippen molar-refractivity contribution < 1.29 is 0 Å². The summed E-state index contributed by atoms with van der Waals surface area (Å²) >= 11 is 0. The molecule has 2 aliphatic rings. The Bertz CT molecular complexity index is 263. The van der Waals surface area contributed by atoms with Crippen molar-refractivity contribution in [3.05, 3.63) is 0 Å². The lowest BCUT2D eigenvalue weighted by Crippen LogP contribution is -2.62. The van der Waals surface area contributed by atoms with Gasteiger partial charge in [-0.2, -0.15) is 5.26 Å². The van der Waals surface area contributed by atoms with Gasteiger partial charge in [0.25, 0.3) is 0 Å². The van der Waals surface area contributed by atoms with Crippen LogP contribution in [0.3, 0.4) is 0 Å². The van der Waals surface area contributed by atoms with Crippen LogP contribution in [0.2, 0.25) is 0 Å². The number of rotatable bonds is 3. The van der Waals surface area contributed by atoms with E-state index in [1.54, 1.807) is 0 Å². The highest BCUT2D eigenvalue weighted by molar-refractivity contribution is 4.99. The van der Waals surface area contributed by atoms with Gasteiger partial charge in [-0.05, 0) is 45.2 Å². The second-order valence-electron chi connectivity index (χ2n) is 5.75. The topological polar surface area (TPSA) is 30.3 Å². The van der Waals surface area contributed by atoms with Gasteiger partial charge in [-0.25, -0.2) is 0 Å². The number of nitrogens with zero attached hydrogens (tertiary/aromatic N) is 3. The number of likely N-dealkylation sites (tertiary alicyclic amines) is 2. The summed E-state index contributed by atoms with van der Waals surface area (Å²) in [6.07, 6.45) is 3.36. The molecule has 3 nitrogen and oxygen atoms in total. The lowest BCUT2D eigenvalue weighted by atomic mass is 9.71. The van der Waals surface area contributed by atoms with Crippen molar-refractivity contribution in [3.63, 3.8) is 0 Å². The molecular weight excluding hydrogens is 198 g/mol. The van der Waals surface area contributed by atoms with Crippen molar-refractivity contribution in [1.82, 2.24) is 9.80 Å². The lowest BCUT2D eigenvalue weighted by Gasteiger charge is -2.55. The minimum absolute atomic E-state index is 0.632. The van der Waals surface area contributed by atoms with Crippen LogP contribution >= 0.6 is 0 Å². The van der Waals surface area contributed by atoms with Gasteiger partial charge >= 0.3 is 0 Å². The molecule has 0 amide bonds. The van der Waals surface area contributed by atoms with Crippen LogP contribution < -0.4 is 0 Å². The number of nitriles is 1. The molecule has 2 aliphatic heterocycles. The third kappa shape index (κ3) is 2.39. The van der Waals surface area contributed by atoms with Gasteiger partial charge in [-0.3, -0.25) is 4.90 Å². The molecule has 0 unspecified atom stereocenters. The molecule has 16 heavy (non-hydrogen) atoms. The van der Waals surface area contributed by atoms with E-state index in [0.29, 0.717) is 17.9 Å². The zero-order valence-electron chi connectivity index (χ0n) is 10.6. The number of hydrogen-bond acceptors (Lipinski definition) is 3. The van der Waals surface area contributed by atoms with Crippen LogP contribution in [-0.2, 0) is 0 Å². The molecular formula is C13H23N3. The highest BCUT2D eigenvalue weighted by atomic mass is 15.2. The zero-order chi connectivity index (χ0) is 11.6. The van der Waals surface area contributed by atoms with Gasteiger partial charge < -0.3 is 4.90 Å². The third-order valence-electron chi connectivity index (χ3n) is 4.26. The van der Waals surface area contributed by atoms with Crippen molar-refractivity contribution in [2.45, 2.75) is 39.2 Å². The second kappa shape index (κ2) is 4.73. The SMILES string of the molecule is CC(C)N1CC2(CCN(CCC#N)CC2)C1. The Hall–Kier alpha value is -0.590. The molecule has 2 fully saturated rings. The highest BCUT2D eigenvalue weighted by Crippen LogP contribution is 2.41. The third-order valence-corrected chi connectivity index (χ3v) is 4.26. The molecule has 0 bridgehead atoms. The van der Waals surface area contributed by atoms with Gasteiger partial charge in [0.05, 0.1) is 6.07 Å². The summed E-state index contributed by atoms with van der Waals surface area (Å²) in [6, 6.07) is 2.95. The normalized spacial score (nSPS) is 25.6. The Morgan fingerprint density at radius 3 is 2.38 bits per heavy atom. The summed E-state index contributed by atoms with van der Waals surface area (Å²) in [4.78, 5) is 5.03. The van der Waals surface area contributed by atoms with Gasteiger partial charge in [0.1, 0.15) is 0 Å². The first-order valence-electron chi connectivity index (χ1n) is 6.49. The Morgan fingerprint density at radius 2 is 1.88 bits per heavy atom. The predicted molar refractivity (Wildman–Crippen MR) is 65.0 cm³/mol. The number of hydrogen-bond donors (Lipinski definition) is 0. The van der Waals surface area contributed by atoms with E-state index in [4.69, 9.17) is 5.26 Å². The van der Waals surface area contributed by atoms with Crippen molar-refractivity contribution in [2.75, 3.05) is 32.7 Å². The predicted octanol–water partition coefficient (Wildman–Crippen LogP) is 1.71. The first-order valence-corrected chi connectivity index (χ1v) is 6.49. The molecule has 0 saturated carbocycles. The van der Waals surface area contributed by atoms with Gasteiger partial charge in [-0.15, -0.1) is 0 Å². The van der Waals surface area contributed by atoms with Gasteiger partial charge in [0, 0.05) is 32.1 Å². The van der Waals surface area contributed by atoms with Crippen LogP contribution in [0.15, 0.2) is 0 Å². The Morgan fingerprint density at radius 1 is 1.25 bits per heavy atom. The van der Waals surface area contributed by atoms with E-state index in [0.717, 1.165) is 6.54 Å². The fourth-order valence-corrected chi connectivity index (χ4v) is 2.96. The largest absolute Gasteiger partial charge is 0.302 e. The van der Waals surface area contributed by atoms with E-state index in [9.17, 15) is 0 Å². The van der Waals surface area contributed by atoms with Crippen LogP contribution in [0, 0.1) is 16.7 Å². The Kier molecular flexibility index (Phi) is 3.51. The molecule has 2 saturated heterocycles. The van der Waals surface area contributed by atoms with E-state index in [2.05, 4.69) is 29.7 Å². The maximum Gasteiger partial charge on any atom is 0.0635 e. The van der Waals surface area contributed by atoms with Crippen LogP contribution in [0.5, 0.6) is 0 Å². The average Bonchev–Trinajstić information content (AvgIpc) is 2.23. The lowest BCUT2D eigenvalue weighted by molar-refractivity contribution is -0.0618. The van der Waals surface area contributed by atoms with Crippen molar-refractivity contribution in [1.29, 1.82) is 5.26 Å². The summed E-state index contributed by atoms with van der Waals surface area (Å²) in [6.45, 7) is 10.6.